The van der Waals surface area contributed by atoms with Gasteiger partial charge in [-0.15, -0.1) is 10.2 Å². The van der Waals surface area contributed by atoms with Crippen molar-refractivity contribution in [1.82, 2.24) is 14.8 Å². The minimum absolute atomic E-state index is 0.215. The van der Waals surface area contributed by atoms with Gasteiger partial charge in [0.05, 0.1) is 24.0 Å². The Morgan fingerprint density at radius 2 is 2.04 bits per heavy atom. The van der Waals surface area contributed by atoms with Crippen molar-refractivity contribution in [3.05, 3.63) is 53.3 Å². The van der Waals surface area contributed by atoms with Gasteiger partial charge in [-0.1, -0.05) is 30.7 Å². The molecule has 1 atom stereocenters. The molecule has 6 heteroatoms. The van der Waals surface area contributed by atoms with Crippen molar-refractivity contribution in [2.75, 3.05) is 19.0 Å². The summed E-state index contributed by atoms with van der Waals surface area (Å²) >= 11 is 6.25. The number of methoxy groups -OCH3 is 1. The zero-order chi connectivity index (χ0) is 16.7. The van der Waals surface area contributed by atoms with E-state index >= 15 is 0 Å². The number of hydrogen-bond acceptors (Lipinski definition) is 4. The smallest absolute Gasteiger partial charge is 0.172 e. The third-order valence-electron chi connectivity index (χ3n) is 4.28. The molecule has 0 saturated heterocycles. The molecule has 3 aromatic rings. The summed E-state index contributed by atoms with van der Waals surface area (Å²) in [4.78, 5) is 0. The van der Waals surface area contributed by atoms with Crippen molar-refractivity contribution >= 4 is 17.3 Å². The van der Waals surface area contributed by atoms with Gasteiger partial charge in [-0.3, -0.25) is 4.57 Å². The number of rotatable bonds is 2. The van der Waals surface area contributed by atoms with Crippen LogP contribution in [0.5, 0.6) is 5.75 Å². The van der Waals surface area contributed by atoms with E-state index in [-0.39, 0.29) is 5.92 Å². The highest BCUT2D eigenvalue weighted by Gasteiger charge is 2.26. The maximum absolute atomic E-state index is 6.25. The Morgan fingerprint density at radius 1 is 1.21 bits per heavy atom. The lowest BCUT2D eigenvalue weighted by Gasteiger charge is -2.14. The quantitative estimate of drug-likeness (QED) is 0.762. The van der Waals surface area contributed by atoms with Gasteiger partial charge >= 0.3 is 0 Å². The lowest BCUT2D eigenvalue weighted by Crippen LogP contribution is -2.09. The summed E-state index contributed by atoms with van der Waals surface area (Å²) in [5.41, 5.74) is 2.87. The van der Waals surface area contributed by atoms with Crippen LogP contribution in [-0.4, -0.2) is 28.4 Å². The van der Waals surface area contributed by atoms with Gasteiger partial charge in [-0.25, -0.2) is 0 Å². The fourth-order valence-corrected chi connectivity index (χ4v) is 3.22. The Labute approximate surface area is 145 Å². The van der Waals surface area contributed by atoms with Crippen LogP contribution in [-0.2, 0) is 0 Å². The molecule has 5 nitrogen and oxygen atoms in total. The first kappa shape index (κ1) is 15.0. The summed E-state index contributed by atoms with van der Waals surface area (Å²) in [7, 11) is 1.66. The predicted molar refractivity (Wildman–Crippen MR) is 95.3 cm³/mol. The first-order chi connectivity index (χ1) is 11.7. The molecule has 24 heavy (non-hydrogen) atoms. The van der Waals surface area contributed by atoms with E-state index in [0.717, 1.165) is 40.9 Å². The number of nitrogens with zero attached hydrogens (tertiary/aromatic N) is 3. The van der Waals surface area contributed by atoms with Crippen molar-refractivity contribution in [3.63, 3.8) is 0 Å². The van der Waals surface area contributed by atoms with Gasteiger partial charge in [-0.2, -0.15) is 0 Å². The van der Waals surface area contributed by atoms with Gasteiger partial charge in [0.15, 0.2) is 5.82 Å². The summed E-state index contributed by atoms with van der Waals surface area (Å²) in [6.07, 6.45) is 0. The minimum atomic E-state index is 0.215. The second-order valence-electron chi connectivity index (χ2n) is 5.86. The van der Waals surface area contributed by atoms with Crippen molar-refractivity contribution in [2.24, 2.45) is 0 Å². The topological polar surface area (TPSA) is 52.0 Å². The molecule has 1 N–H and O–H groups in total. The van der Waals surface area contributed by atoms with Gasteiger partial charge in [0.1, 0.15) is 11.6 Å². The lowest BCUT2D eigenvalue weighted by molar-refractivity contribution is 0.416. The molecule has 1 aromatic heterocycles. The standard InChI is InChI=1S/C18H17ClN4O/c1-11-10-20-14-8-7-12(19)9-15(14)23-17(11)21-22-18(23)13-5-3-4-6-16(13)24-2/h3-9,11,20H,10H2,1-2H3/t11-/m1/s1. The number of fused-ring (bicyclic) bond motifs is 3. The molecule has 1 aliphatic rings. The molecule has 0 saturated carbocycles. The fraction of sp³-hybridized carbons (Fsp3) is 0.222. The molecular formula is C18H17ClN4O. The third-order valence-corrected chi connectivity index (χ3v) is 4.51. The van der Waals surface area contributed by atoms with Gasteiger partial charge in [0.25, 0.3) is 0 Å². The molecule has 0 radical (unpaired) electrons. The number of nitrogens with one attached hydrogen (secondary N) is 1. The molecule has 0 bridgehead atoms. The Morgan fingerprint density at radius 3 is 2.88 bits per heavy atom. The molecule has 0 fully saturated rings. The number of ether oxygens (including phenoxy) is 1. The summed E-state index contributed by atoms with van der Waals surface area (Å²) in [5, 5.41) is 13.1. The predicted octanol–water partition coefficient (Wildman–Crippen LogP) is 4.13. The van der Waals surface area contributed by atoms with Crippen LogP contribution in [0.15, 0.2) is 42.5 Å². The molecule has 0 amide bonds. The highest BCUT2D eigenvalue weighted by atomic mass is 35.5. The maximum atomic E-state index is 6.25. The average Bonchev–Trinajstić information content (AvgIpc) is 2.99. The van der Waals surface area contributed by atoms with E-state index in [0.29, 0.717) is 5.02 Å². The second-order valence-corrected chi connectivity index (χ2v) is 6.30. The first-order valence-electron chi connectivity index (χ1n) is 7.81. The zero-order valence-electron chi connectivity index (χ0n) is 13.5. The van der Waals surface area contributed by atoms with E-state index in [9.17, 15) is 0 Å². The van der Waals surface area contributed by atoms with Crippen molar-refractivity contribution in [1.29, 1.82) is 0 Å². The van der Waals surface area contributed by atoms with Crippen molar-refractivity contribution in [2.45, 2.75) is 12.8 Å². The number of halogens is 1. The van der Waals surface area contributed by atoms with Crippen LogP contribution in [0.3, 0.4) is 0 Å². The monoisotopic (exact) mass is 340 g/mol. The molecule has 122 valence electrons. The summed E-state index contributed by atoms with van der Waals surface area (Å²) in [5.74, 6) is 2.64. The molecule has 0 unspecified atom stereocenters. The van der Waals surface area contributed by atoms with E-state index in [4.69, 9.17) is 16.3 Å². The van der Waals surface area contributed by atoms with E-state index in [1.54, 1.807) is 7.11 Å². The van der Waals surface area contributed by atoms with Crippen molar-refractivity contribution < 1.29 is 4.74 Å². The van der Waals surface area contributed by atoms with E-state index in [1.807, 2.05) is 42.5 Å². The van der Waals surface area contributed by atoms with Gasteiger partial charge in [0, 0.05) is 17.5 Å². The molecule has 4 rings (SSSR count). The molecule has 1 aliphatic heterocycles. The highest BCUT2D eigenvalue weighted by Crippen LogP contribution is 2.37. The summed E-state index contributed by atoms with van der Waals surface area (Å²) in [6.45, 7) is 2.92. The van der Waals surface area contributed by atoms with Crippen LogP contribution < -0.4 is 10.1 Å². The van der Waals surface area contributed by atoms with Crippen LogP contribution in [0.2, 0.25) is 5.02 Å². The van der Waals surface area contributed by atoms with Crippen LogP contribution in [0, 0.1) is 0 Å². The Balaban J connectivity index is 2.02. The van der Waals surface area contributed by atoms with Crippen LogP contribution in [0.4, 0.5) is 5.69 Å². The fourth-order valence-electron chi connectivity index (χ4n) is 3.05. The molecule has 2 heterocycles. The Hall–Kier alpha value is -2.53. The molecular weight excluding hydrogens is 324 g/mol. The number of aromatic nitrogens is 3. The van der Waals surface area contributed by atoms with E-state index in [1.165, 1.54) is 0 Å². The largest absolute Gasteiger partial charge is 0.496 e. The lowest BCUT2D eigenvalue weighted by atomic mass is 10.1. The Kier molecular flexibility index (Phi) is 3.65. The van der Waals surface area contributed by atoms with Crippen LogP contribution in [0.1, 0.15) is 18.7 Å². The van der Waals surface area contributed by atoms with Gasteiger partial charge < -0.3 is 10.1 Å². The highest BCUT2D eigenvalue weighted by molar-refractivity contribution is 6.30. The Bertz CT molecular complexity index is 906. The summed E-state index contributed by atoms with van der Waals surface area (Å²) in [6, 6.07) is 13.6. The van der Waals surface area contributed by atoms with Gasteiger partial charge in [-0.05, 0) is 30.3 Å². The number of para-hydroxylation sites is 1. The average molecular weight is 341 g/mol. The normalized spacial score (nSPS) is 15.9. The minimum Gasteiger partial charge on any atom is -0.496 e. The second kappa shape index (κ2) is 5.83. The van der Waals surface area contributed by atoms with Crippen LogP contribution in [0.25, 0.3) is 17.1 Å². The molecule has 2 aromatic carbocycles. The number of hydrogen-bond donors (Lipinski definition) is 1. The first-order valence-corrected chi connectivity index (χ1v) is 8.19. The zero-order valence-corrected chi connectivity index (χ0v) is 14.2. The van der Waals surface area contributed by atoms with Crippen LogP contribution >= 0.6 is 11.6 Å². The molecule has 0 aliphatic carbocycles. The third kappa shape index (κ3) is 2.32. The van der Waals surface area contributed by atoms with E-state index < -0.39 is 0 Å². The van der Waals surface area contributed by atoms with Gasteiger partial charge in [0.2, 0.25) is 0 Å². The number of benzene rings is 2. The van der Waals surface area contributed by atoms with E-state index in [2.05, 4.69) is 27.0 Å². The summed E-state index contributed by atoms with van der Waals surface area (Å²) < 4.78 is 7.58. The number of anilines is 1. The van der Waals surface area contributed by atoms with Crippen molar-refractivity contribution in [3.8, 4) is 22.8 Å². The molecule has 0 spiro atoms. The maximum Gasteiger partial charge on any atom is 0.172 e. The SMILES string of the molecule is COc1ccccc1-c1nnc2n1-c1cc(Cl)ccc1NC[C@H]2C.